The van der Waals surface area contributed by atoms with E-state index in [-0.39, 0.29) is 5.91 Å². The van der Waals surface area contributed by atoms with E-state index >= 15 is 0 Å². The van der Waals surface area contributed by atoms with Crippen LogP contribution in [-0.4, -0.2) is 10.9 Å². The zero-order valence-electron chi connectivity index (χ0n) is 11.5. The Morgan fingerprint density at radius 1 is 0.957 bits per heavy atom. The van der Waals surface area contributed by atoms with Gasteiger partial charge in [0.05, 0.1) is 5.69 Å². The summed E-state index contributed by atoms with van der Waals surface area (Å²) in [5.74, 6) is -0.314. The number of carbonyl (C=O) groups excluding carboxylic acids is 1. The smallest absolute Gasteiger partial charge is 0.257 e. The lowest BCUT2D eigenvalue weighted by Gasteiger charge is -2.03. The number of amides is 1. The fraction of sp³-hybridized carbons (Fsp3) is 0. The second-order valence-electron chi connectivity index (χ2n) is 4.66. The van der Waals surface area contributed by atoms with Crippen LogP contribution in [0.15, 0.2) is 47.8 Å². The molecule has 3 nitrogen and oxygen atoms in total. The van der Waals surface area contributed by atoms with Crippen molar-refractivity contribution in [2.45, 2.75) is 0 Å². The predicted molar refractivity (Wildman–Crippen MR) is 97.0 cm³/mol. The third-order valence-corrected chi connectivity index (χ3v) is 4.44. The minimum atomic E-state index is -0.314. The molecule has 1 N–H and O–H groups in total. The Morgan fingerprint density at radius 2 is 1.61 bits per heavy atom. The summed E-state index contributed by atoms with van der Waals surface area (Å²) in [6.45, 7) is 0. The number of hydrogen-bond donors (Lipinski definition) is 1. The summed E-state index contributed by atoms with van der Waals surface area (Å²) in [4.78, 5) is 16.6. The van der Waals surface area contributed by atoms with Gasteiger partial charge < -0.3 is 0 Å². The maximum atomic E-state index is 12.2. The van der Waals surface area contributed by atoms with Gasteiger partial charge in [0.2, 0.25) is 0 Å². The van der Waals surface area contributed by atoms with Crippen molar-refractivity contribution in [3.8, 4) is 11.3 Å². The molecule has 7 heteroatoms. The topological polar surface area (TPSA) is 42.0 Å². The van der Waals surface area contributed by atoms with Crippen molar-refractivity contribution < 1.29 is 4.79 Å². The summed E-state index contributed by atoms with van der Waals surface area (Å²) in [6, 6.07) is 12.0. The number of thiazole rings is 1. The van der Waals surface area contributed by atoms with E-state index in [2.05, 4.69) is 10.3 Å². The number of halogens is 3. The molecular weight excluding hydrogens is 375 g/mol. The third kappa shape index (κ3) is 4.03. The predicted octanol–water partition coefficient (Wildman–Crippen LogP) is 6.02. The molecule has 3 rings (SSSR count). The van der Waals surface area contributed by atoms with E-state index in [1.807, 2.05) is 17.5 Å². The molecule has 23 heavy (non-hydrogen) atoms. The molecule has 0 bridgehead atoms. The average Bonchev–Trinajstić information content (AvgIpc) is 2.95. The van der Waals surface area contributed by atoms with Gasteiger partial charge in [-0.25, -0.2) is 4.98 Å². The molecule has 0 fully saturated rings. The molecule has 0 saturated heterocycles. The number of rotatable bonds is 3. The first-order valence-electron chi connectivity index (χ1n) is 6.50. The van der Waals surface area contributed by atoms with E-state index in [1.165, 1.54) is 11.3 Å². The highest BCUT2D eigenvalue weighted by atomic mass is 35.5. The van der Waals surface area contributed by atoms with E-state index in [1.54, 1.807) is 30.3 Å². The second kappa shape index (κ2) is 6.89. The van der Waals surface area contributed by atoms with Crippen LogP contribution in [0.5, 0.6) is 0 Å². The third-order valence-electron chi connectivity index (χ3n) is 2.99. The van der Waals surface area contributed by atoms with Crippen LogP contribution in [0.25, 0.3) is 11.3 Å². The summed E-state index contributed by atoms with van der Waals surface area (Å²) < 4.78 is 0. The number of nitrogens with zero attached hydrogens (tertiary/aromatic N) is 1. The van der Waals surface area contributed by atoms with Crippen molar-refractivity contribution in [1.29, 1.82) is 0 Å². The summed E-state index contributed by atoms with van der Waals surface area (Å²) in [5.41, 5.74) is 2.08. The summed E-state index contributed by atoms with van der Waals surface area (Å²) in [6.07, 6.45) is 0. The summed E-state index contributed by atoms with van der Waals surface area (Å²) in [5, 5.41) is 6.58. The van der Waals surface area contributed by atoms with E-state index in [0.29, 0.717) is 25.8 Å². The van der Waals surface area contributed by atoms with Crippen LogP contribution in [0, 0.1) is 0 Å². The minimum Gasteiger partial charge on any atom is -0.298 e. The number of aromatic nitrogens is 1. The zero-order chi connectivity index (χ0) is 16.4. The highest BCUT2D eigenvalue weighted by Gasteiger charge is 2.11. The number of hydrogen-bond acceptors (Lipinski definition) is 3. The minimum absolute atomic E-state index is 0.314. The van der Waals surface area contributed by atoms with Gasteiger partial charge in [0.1, 0.15) is 0 Å². The normalized spacial score (nSPS) is 10.6. The van der Waals surface area contributed by atoms with Gasteiger partial charge in [-0.05, 0) is 30.3 Å². The van der Waals surface area contributed by atoms with Crippen LogP contribution in [0.1, 0.15) is 10.4 Å². The van der Waals surface area contributed by atoms with Crippen molar-refractivity contribution in [2.24, 2.45) is 0 Å². The number of anilines is 1. The fourth-order valence-corrected chi connectivity index (χ4v) is 3.31. The van der Waals surface area contributed by atoms with Crippen molar-refractivity contribution >= 4 is 57.2 Å². The SMILES string of the molecule is O=C(Nc1nc(-c2ccc(Cl)cc2)cs1)c1cc(Cl)cc(Cl)c1. The van der Waals surface area contributed by atoms with Crippen LogP contribution < -0.4 is 5.32 Å². The Labute approximate surface area is 151 Å². The summed E-state index contributed by atoms with van der Waals surface area (Å²) in [7, 11) is 0. The fourth-order valence-electron chi connectivity index (χ4n) is 1.94. The molecule has 0 aliphatic heterocycles. The molecule has 0 radical (unpaired) electrons. The van der Waals surface area contributed by atoms with Crippen LogP contribution in [0.4, 0.5) is 5.13 Å². The number of nitrogens with one attached hydrogen (secondary N) is 1. The first-order chi connectivity index (χ1) is 11.0. The van der Waals surface area contributed by atoms with Gasteiger partial charge in [-0.3, -0.25) is 10.1 Å². The lowest BCUT2D eigenvalue weighted by molar-refractivity contribution is 0.102. The van der Waals surface area contributed by atoms with Gasteiger partial charge in [-0.1, -0.05) is 46.9 Å². The Kier molecular flexibility index (Phi) is 4.87. The molecular formula is C16H9Cl3N2OS. The Balaban J connectivity index is 1.78. The van der Waals surface area contributed by atoms with Crippen molar-refractivity contribution in [1.82, 2.24) is 4.98 Å². The van der Waals surface area contributed by atoms with Gasteiger partial charge in [0, 0.05) is 31.6 Å². The molecule has 116 valence electrons. The zero-order valence-corrected chi connectivity index (χ0v) is 14.6. The van der Waals surface area contributed by atoms with Crippen molar-refractivity contribution in [2.75, 3.05) is 5.32 Å². The Bertz CT molecular complexity index is 842. The highest BCUT2D eigenvalue weighted by molar-refractivity contribution is 7.14. The Morgan fingerprint density at radius 3 is 2.26 bits per heavy atom. The number of carbonyl (C=O) groups is 1. The van der Waals surface area contributed by atoms with Crippen molar-refractivity contribution in [3.63, 3.8) is 0 Å². The maximum Gasteiger partial charge on any atom is 0.257 e. The molecule has 3 aromatic rings. The standard InChI is InChI=1S/C16H9Cl3N2OS/c17-11-3-1-9(2-4-11)14-8-23-16(20-14)21-15(22)10-5-12(18)7-13(19)6-10/h1-8H,(H,20,21,22). The quantitative estimate of drug-likeness (QED) is 0.600. The van der Waals surface area contributed by atoms with E-state index in [9.17, 15) is 4.79 Å². The molecule has 0 aliphatic carbocycles. The number of benzene rings is 2. The lowest BCUT2D eigenvalue weighted by Crippen LogP contribution is -2.11. The molecule has 0 unspecified atom stereocenters. The second-order valence-corrected chi connectivity index (χ2v) is 6.82. The molecule has 0 spiro atoms. The van der Waals surface area contributed by atoms with Crippen LogP contribution in [0.3, 0.4) is 0 Å². The molecule has 2 aromatic carbocycles. The average molecular weight is 384 g/mol. The molecule has 1 heterocycles. The van der Waals surface area contributed by atoms with Crippen LogP contribution in [0.2, 0.25) is 15.1 Å². The van der Waals surface area contributed by atoms with Gasteiger partial charge in [0.15, 0.2) is 5.13 Å². The molecule has 0 aliphatic rings. The largest absolute Gasteiger partial charge is 0.298 e. The highest BCUT2D eigenvalue weighted by Crippen LogP contribution is 2.27. The first-order valence-corrected chi connectivity index (χ1v) is 8.51. The van der Waals surface area contributed by atoms with Crippen molar-refractivity contribution in [3.05, 3.63) is 68.5 Å². The lowest BCUT2D eigenvalue weighted by atomic mass is 10.2. The van der Waals surface area contributed by atoms with E-state index < -0.39 is 0 Å². The molecule has 0 saturated carbocycles. The van der Waals surface area contributed by atoms with Gasteiger partial charge >= 0.3 is 0 Å². The molecule has 1 aromatic heterocycles. The first kappa shape index (κ1) is 16.3. The van der Waals surface area contributed by atoms with Gasteiger partial charge in [-0.2, -0.15) is 0 Å². The van der Waals surface area contributed by atoms with E-state index in [0.717, 1.165) is 11.3 Å². The Hall–Kier alpha value is -1.59. The van der Waals surface area contributed by atoms with Crippen LogP contribution >= 0.6 is 46.1 Å². The van der Waals surface area contributed by atoms with Gasteiger partial charge in [-0.15, -0.1) is 11.3 Å². The van der Waals surface area contributed by atoms with Gasteiger partial charge in [0.25, 0.3) is 5.91 Å². The summed E-state index contributed by atoms with van der Waals surface area (Å²) >= 11 is 19.0. The van der Waals surface area contributed by atoms with E-state index in [4.69, 9.17) is 34.8 Å². The maximum absolute atomic E-state index is 12.2. The monoisotopic (exact) mass is 382 g/mol. The molecule has 0 atom stereocenters. The van der Waals surface area contributed by atoms with Crippen LogP contribution in [-0.2, 0) is 0 Å². The molecule has 1 amide bonds.